The summed E-state index contributed by atoms with van der Waals surface area (Å²) >= 11 is 0. The number of nitriles is 1. The highest BCUT2D eigenvalue weighted by molar-refractivity contribution is 5.82. The molecule has 5 heteroatoms. The zero-order valence-electron chi connectivity index (χ0n) is 17.7. The van der Waals surface area contributed by atoms with E-state index in [1.165, 1.54) is 31.9 Å². The van der Waals surface area contributed by atoms with Crippen LogP contribution in [0.25, 0.3) is 0 Å². The molecule has 4 fully saturated rings. The van der Waals surface area contributed by atoms with Gasteiger partial charge in [-0.1, -0.05) is 6.92 Å². The Balaban J connectivity index is 1.32. The minimum absolute atomic E-state index is 0.111. The van der Waals surface area contributed by atoms with Gasteiger partial charge >= 0.3 is 0 Å². The number of fused-ring (bicyclic) bond motifs is 5. The van der Waals surface area contributed by atoms with Gasteiger partial charge in [-0.05, 0) is 93.3 Å². The van der Waals surface area contributed by atoms with Crippen LogP contribution in [0.5, 0.6) is 0 Å². The van der Waals surface area contributed by atoms with E-state index in [2.05, 4.69) is 18.1 Å². The van der Waals surface area contributed by atoms with Crippen molar-refractivity contribution in [3.8, 4) is 6.07 Å². The molecular weight excluding hydrogens is 362 g/mol. The van der Waals surface area contributed by atoms with E-state index in [-0.39, 0.29) is 17.9 Å². The largest absolute Gasteiger partial charge is 0.390 e. The number of hydrogen-bond donors (Lipinski definition) is 1. The van der Waals surface area contributed by atoms with Gasteiger partial charge in [-0.15, -0.1) is 0 Å². The Hall–Kier alpha value is -1.67. The molecule has 4 saturated carbocycles. The number of carbonyl (C=O) groups excluding carboxylic acids is 1. The van der Waals surface area contributed by atoms with E-state index >= 15 is 0 Å². The van der Waals surface area contributed by atoms with Crippen molar-refractivity contribution < 1.29 is 9.90 Å². The number of hydrogen-bond acceptors (Lipinski definition) is 4. The number of rotatable bonds is 3. The molecule has 0 saturated heterocycles. The van der Waals surface area contributed by atoms with E-state index in [9.17, 15) is 9.90 Å². The van der Waals surface area contributed by atoms with Gasteiger partial charge in [0.1, 0.15) is 6.07 Å². The molecule has 5 nitrogen and oxygen atoms in total. The van der Waals surface area contributed by atoms with Crippen molar-refractivity contribution >= 4 is 5.78 Å². The summed E-state index contributed by atoms with van der Waals surface area (Å²) in [7, 11) is 0. The lowest BCUT2D eigenvalue weighted by molar-refractivity contribution is -0.129. The van der Waals surface area contributed by atoms with Gasteiger partial charge in [-0.25, -0.2) is 0 Å². The second-order valence-corrected chi connectivity index (χ2v) is 11.0. The summed E-state index contributed by atoms with van der Waals surface area (Å²) in [6.07, 6.45) is 12.2. The number of carbonyl (C=O) groups is 1. The molecule has 5 rings (SSSR count). The zero-order chi connectivity index (χ0) is 20.4. The fourth-order valence-corrected chi connectivity index (χ4v) is 8.20. The zero-order valence-corrected chi connectivity index (χ0v) is 17.7. The molecule has 8 atom stereocenters. The van der Waals surface area contributed by atoms with Gasteiger partial charge in [0.2, 0.25) is 0 Å². The van der Waals surface area contributed by atoms with Gasteiger partial charge in [0.05, 0.1) is 23.9 Å². The predicted octanol–water partition coefficient (Wildman–Crippen LogP) is 3.95. The summed E-state index contributed by atoms with van der Waals surface area (Å²) in [6, 6.07) is 2.09. The Morgan fingerprint density at radius 3 is 2.79 bits per heavy atom. The van der Waals surface area contributed by atoms with Crippen molar-refractivity contribution in [2.75, 3.05) is 0 Å². The highest BCUT2D eigenvalue weighted by Crippen LogP contribution is 2.66. The van der Waals surface area contributed by atoms with E-state index in [1.807, 2.05) is 6.92 Å². The topological polar surface area (TPSA) is 78.9 Å². The molecule has 1 aromatic rings. The van der Waals surface area contributed by atoms with Crippen LogP contribution in [-0.2, 0) is 11.3 Å². The lowest BCUT2D eigenvalue weighted by Gasteiger charge is -2.47. The van der Waals surface area contributed by atoms with E-state index in [0.717, 1.165) is 43.4 Å². The Labute approximate surface area is 173 Å². The quantitative estimate of drug-likeness (QED) is 0.840. The van der Waals surface area contributed by atoms with Crippen molar-refractivity contribution in [2.24, 2.45) is 40.9 Å². The molecule has 4 aliphatic carbocycles. The van der Waals surface area contributed by atoms with Gasteiger partial charge in [-0.2, -0.15) is 10.4 Å². The Kier molecular flexibility index (Phi) is 4.44. The van der Waals surface area contributed by atoms with Crippen LogP contribution >= 0.6 is 0 Å². The number of ketones is 1. The molecule has 156 valence electrons. The minimum Gasteiger partial charge on any atom is -0.390 e. The smallest absolute Gasteiger partial charge is 0.157 e. The van der Waals surface area contributed by atoms with Gasteiger partial charge < -0.3 is 5.11 Å². The van der Waals surface area contributed by atoms with Crippen molar-refractivity contribution in [3.05, 3.63) is 18.0 Å². The van der Waals surface area contributed by atoms with Crippen LogP contribution in [0.2, 0.25) is 0 Å². The molecule has 0 spiro atoms. The molecule has 0 amide bonds. The van der Waals surface area contributed by atoms with Crippen LogP contribution in [0.1, 0.15) is 70.8 Å². The van der Waals surface area contributed by atoms with Gasteiger partial charge in [0.25, 0.3) is 0 Å². The van der Waals surface area contributed by atoms with E-state index < -0.39 is 5.60 Å². The first-order valence-electron chi connectivity index (χ1n) is 11.5. The monoisotopic (exact) mass is 395 g/mol. The van der Waals surface area contributed by atoms with Crippen LogP contribution < -0.4 is 0 Å². The van der Waals surface area contributed by atoms with E-state index in [4.69, 9.17) is 5.26 Å². The van der Waals surface area contributed by atoms with Crippen molar-refractivity contribution in [1.82, 2.24) is 9.78 Å². The maximum Gasteiger partial charge on any atom is 0.157 e. The fourth-order valence-electron chi connectivity index (χ4n) is 8.20. The van der Waals surface area contributed by atoms with Crippen molar-refractivity contribution in [3.63, 3.8) is 0 Å². The summed E-state index contributed by atoms with van der Waals surface area (Å²) < 4.78 is 1.63. The van der Waals surface area contributed by atoms with Gasteiger partial charge in [0, 0.05) is 12.1 Å². The van der Waals surface area contributed by atoms with E-state index in [0.29, 0.717) is 23.2 Å². The first kappa shape index (κ1) is 19.3. The first-order chi connectivity index (χ1) is 13.8. The molecule has 4 aliphatic rings. The van der Waals surface area contributed by atoms with Crippen LogP contribution in [0.15, 0.2) is 12.4 Å². The molecule has 1 heterocycles. The Morgan fingerprint density at radius 1 is 1.24 bits per heavy atom. The minimum atomic E-state index is -0.474. The summed E-state index contributed by atoms with van der Waals surface area (Å²) in [4.78, 5) is 13.2. The first-order valence-corrected chi connectivity index (χ1v) is 11.5. The molecule has 0 aromatic carbocycles. The maximum absolute atomic E-state index is 13.2. The van der Waals surface area contributed by atoms with Crippen LogP contribution in [0.4, 0.5) is 0 Å². The maximum atomic E-state index is 13.2. The average Bonchev–Trinajstić information content (AvgIpc) is 3.34. The molecule has 0 radical (unpaired) electrons. The lowest BCUT2D eigenvalue weighted by atomic mass is 9.57. The number of aliphatic hydroxyl groups is 1. The van der Waals surface area contributed by atoms with Crippen LogP contribution in [0.3, 0.4) is 0 Å². The molecular formula is C24H33N3O2. The normalized spacial score (nSPS) is 45.9. The standard InChI is InChI=1S/C24H33N3O2/c1-23(29)7-5-17-16(10-23)9-19-18(17)6-8-24(2)20(19)3-4-21(24)22(28)14-27-13-15(11-25)12-26-27/h12-13,16-21,29H,3-10,14H2,1-2H3/t16-,17+,18?,19?,20?,21-,23-,24+/m1/s1. The molecule has 0 bridgehead atoms. The molecule has 0 aliphatic heterocycles. The number of nitrogens with zero attached hydrogens (tertiary/aromatic N) is 3. The summed E-state index contributed by atoms with van der Waals surface area (Å²) in [5.74, 6) is 4.09. The van der Waals surface area contributed by atoms with E-state index in [1.54, 1.807) is 10.9 Å². The molecule has 1 N–H and O–H groups in total. The van der Waals surface area contributed by atoms with Gasteiger partial charge in [-0.3, -0.25) is 9.48 Å². The Bertz CT molecular complexity index is 853. The number of Topliss-reactive ketones (excluding diaryl/α,β-unsaturated/α-hetero) is 1. The molecule has 29 heavy (non-hydrogen) atoms. The van der Waals surface area contributed by atoms with Gasteiger partial charge in [0.15, 0.2) is 5.78 Å². The average molecular weight is 396 g/mol. The third-order valence-corrected chi connectivity index (χ3v) is 9.41. The molecule has 3 unspecified atom stereocenters. The third kappa shape index (κ3) is 3.06. The summed E-state index contributed by atoms with van der Waals surface area (Å²) in [5.41, 5.74) is 0.149. The van der Waals surface area contributed by atoms with Crippen LogP contribution in [-0.4, -0.2) is 26.3 Å². The summed E-state index contributed by atoms with van der Waals surface area (Å²) in [6.45, 7) is 4.69. The lowest BCUT2D eigenvalue weighted by Crippen LogP contribution is -2.43. The highest BCUT2D eigenvalue weighted by atomic mass is 16.3. The predicted molar refractivity (Wildman–Crippen MR) is 109 cm³/mol. The van der Waals surface area contributed by atoms with Crippen LogP contribution in [0, 0.1) is 52.3 Å². The fraction of sp³-hybridized carbons (Fsp3) is 0.792. The molecule has 1 aromatic heterocycles. The Morgan fingerprint density at radius 2 is 2.03 bits per heavy atom. The third-order valence-electron chi connectivity index (χ3n) is 9.41. The van der Waals surface area contributed by atoms with Crippen molar-refractivity contribution in [2.45, 2.75) is 77.4 Å². The SMILES string of the molecule is C[C@@]1(O)CC[C@@H]2C3CC[C@@]4(C)C(CC[C@@H]4C(=O)Cn4cc(C#N)cn4)C3C[C@@H]2C1. The highest BCUT2D eigenvalue weighted by Gasteiger charge is 2.60. The number of aromatic nitrogens is 2. The second-order valence-electron chi connectivity index (χ2n) is 11.0. The summed E-state index contributed by atoms with van der Waals surface area (Å²) in [5, 5.41) is 23.8. The second kappa shape index (κ2) is 6.67. The van der Waals surface area contributed by atoms with Crippen molar-refractivity contribution in [1.29, 1.82) is 5.26 Å².